The summed E-state index contributed by atoms with van der Waals surface area (Å²) in [5.74, 6) is -1.21. The Kier molecular flexibility index (Phi) is 5.54. The fourth-order valence-electron chi connectivity index (χ4n) is 3.20. The molecule has 1 N–H and O–H groups in total. The molecule has 1 unspecified atom stereocenters. The van der Waals surface area contributed by atoms with Crippen LogP contribution >= 0.6 is 0 Å². The molecule has 0 aliphatic heterocycles. The van der Waals surface area contributed by atoms with Crippen LogP contribution in [-0.2, 0) is 16.0 Å². The van der Waals surface area contributed by atoms with Crippen LogP contribution in [0.3, 0.4) is 0 Å². The van der Waals surface area contributed by atoms with Crippen LogP contribution in [0.15, 0.2) is 24.3 Å². The Morgan fingerprint density at radius 3 is 2.57 bits per heavy atom. The van der Waals surface area contributed by atoms with Gasteiger partial charge in [-0.15, -0.1) is 0 Å². The van der Waals surface area contributed by atoms with Crippen molar-refractivity contribution < 1.29 is 14.7 Å². The van der Waals surface area contributed by atoms with Gasteiger partial charge in [0.05, 0.1) is 5.92 Å². The molecule has 1 fully saturated rings. The third-order valence-electron chi connectivity index (χ3n) is 4.42. The minimum absolute atomic E-state index is 0.0955. The molecular weight excluding hydrogens is 264 g/mol. The summed E-state index contributed by atoms with van der Waals surface area (Å²) in [6.45, 7) is 1.99. The van der Waals surface area contributed by atoms with E-state index in [0.717, 1.165) is 36.8 Å². The maximum atomic E-state index is 12.3. The molecule has 1 atom stereocenters. The van der Waals surface area contributed by atoms with Crippen LogP contribution in [0, 0.1) is 18.8 Å². The van der Waals surface area contributed by atoms with Crippen LogP contribution in [0.2, 0.25) is 0 Å². The minimum Gasteiger partial charge on any atom is -0.481 e. The van der Waals surface area contributed by atoms with E-state index in [1.807, 2.05) is 31.2 Å². The summed E-state index contributed by atoms with van der Waals surface area (Å²) in [7, 11) is 0. The van der Waals surface area contributed by atoms with Gasteiger partial charge in [0.1, 0.15) is 5.78 Å². The van der Waals surface area contributed by atoms with Crippen LogP contribution < -0.4 is 0 Å². The van der Waals surface area contributed by atoms with E-state index in [9.17, 15) is 14.7 Å². The van der Waals surface area contributed by atoms with E-state index in [0.29, 0.717) is 6.42 Å². The van der Waals surface area contributed by atoms with E-state index >= 15 is 0 Å². The zero-order chi connectivity index (χ0) is 15.2. The van der Waals surface area contributed by atoms with Crippen molar-refractivity contribution in [1.82, 2.24) is 0 Å². The van der Waals surface area contributed by atoms with Crippen LogP contribution in [-0.4, -0.2) is 16.9 Å². The third kappa shape index (κ3) is 4.69. The Bertz CT molecular complexity index is 501. The summed E-state index contributed by atoms with van der Waals surface area (Å²) >= 11 is 0. The zero-order valence-corrected chi connectivity index (χ0v) is 12.7. The van der Waals surface area contributed by atoms with Crippen molar-refractivity contribution in [2.24, 2.45) is 11.8 Å². The highest BCUT2D eigenvalue weighted by Crippen LogP contribution is 2.27. The molecule has 3 heteroatoms. The van der Waals surface area contributed by atoms with E-state index in [-0.39, 0.29) is 18.1 Å². The molecule has 21 heavy (non-hydrogen) atoms. The maximum absolute atomic E-state index is 12.3. The van der Waals surface area contributed by atoms with Gasteiger partial charge in [-0.2, -0.15) is 0 Å². The molecule has 0 aromatic heterocycles. The van der Waals surface area contributed by atoms with Gasteiger partial charge in [-0.05, 0) is 31.7 Å². The lowest BCUT2D eigenvalue weighted by atomic mass is 9.82. The molecule has 1 saturated carbocycles. The number of ketones is 1. The second-order valence-electron chi connectivity index (χ2n) is 6.23. The highest BCUT2D eigenvalue weighted by molar-refractivity contribution is 5.85. The number of aryl methyl sites for hydroxylation is 1. The van der Waals surface area contributed by atoms with Gasteiger partial charge in [0.25, 0.3) is 0 Å². The smallest absolute Gasteiger partial charge is 0.307 e. The summed E-state index contributed by atoms with van der Waals surface area (Å²) in [6, 6.07) is 7.87. The molecule has 1 aliphatic carbocycles. The van der Waals surface area contributed by atoms with Crippen molar-refractivity contribution in [3.8, 4) is 0 Å². The SMILES string of the molecule is Cc1cccc(CC(CC(=O)C2CCCCC2)C(=O)O)c1. The van der Waals surface area contributed by atoms with E-state index in [1.54, 1.807) is 0 Å². The average molecular weight is 288 g/mol. The number of aliphatic carboxylic acids is 1. The van der Waals surface area contributed by atoms with Crippen molar-refractivity contribution in [2.45, 2.75) is 51.9 Å². The van der Waals surface area contributed by atoms with Gasteiger partial charge in [-0.25, -0.2) is 0 Å². The second kappa shape index (κ2) is 7.39. The first kappa shape index (κ1) is 15.7. The molecule has 1 aromatic rings. The highest BCUT2D eigenvalue weighted by atomic mass is 16.4. The second-order valence-corrected chi connectivity index (χ2v) is 6.23. The molecule has 1 aliphatic rings. The first-order chi connectivity index (χ1) is 10.1. The number of carboxylic acid groups (broad SMARTS) is 1. The van der Waals surface area contributed by atoms with Crippen molar-refractivity contribution in [3.05, 3.63) is 35.4 Å². The summed E-state index contributed by atoms with van der Waals surface area (Å²) in [4.78, 5) is 23.8. The number of carboxylic acids is 1. The summed E-state index contributed by atoms with van der Waals surface area (Å²) in [5.41, 5.74) is 2.12. The molecule has 0 heterocycles. The standard InChI is InChI=1S/C18H24O3/c1-13-6-5-7-14(10-13)11-16(18(20)21)12-17(19)15-8-3-2-4-9-15/h5-7,10,15-16H,2-4,8-9,11-12H2,1H3,(H,20,21). The number of Topliss-reactive ketones (excluding diaryl/α,β-unsaturated/α-hetero) is 1. The normalized spacial score (nSPS) is 17.4. The predicted molar refractivity (Wildman–Crippen MR) is 82.2 cm³/mol. The van der Waals surface area contributed by atoms with Crippen LogP contribution in [0.5, 0.6) is 0 Å². The maximum Gasteiger partial charge on any atom is 0.307 e. The van der Waals surface area contributed by atoms with Gasteiger partial charge in [-0.3, -0.25) is 9.59 Å². The van der Waals surface area contributed by atoms with E-state index in [2.05, 4.69) is 0 Å². The molecular formula is C18H24O3. The van der Waals surface area contributed by atoms with Gasteiger partial charge < -0.3 is 5.11 Å². The van der Waals surface area contributed by atoms with Gasteiger partial charge in [0.2, 0.25) is 0 Å². The highest BCUT2D eigenvalue weighted by Gasteiger charge is 2.27. The molecule has 0 saturated heterocycles. The van der Waals surface area contributed by atoms with Crippen molar-refractivity contribution in [2.75, 3.05) is 0 Å². The number of hydrogen-bond donors (Lipinski definition) is 1. The fourth-order valence-corrected chi connectivity index (χ4v) is 3.20. The molecule has 0 spiro atoms. The van der Waals surface area contributed by atoms with Gasteiger partial charge in [-0.1, -0.05) is 49.1 Å². The lowest BCUT2D eigenvalue weighted by Crippen LogP contribution is -2.25. The molecule has 1 aromatic carbocycles. The summed E-state index contributed by atoms with van der Waals surface area (Å²) in [6.07, 6.45) is 5.90. The number of carbonyl (C=O) groups excluding carboxylic acids is 1. The van der Waals surface area contributed by atoms with Crippen LogP contribution in [0.1, 0.15) is 49.7 Å². The van der Waals surface area contributed by atoms with E-state index in [1.165, 1.54) is 6.42 Å². The Morgan fingerprint density at radius 1 is 1.24 bits per heavy atom. The molecule has 2 rings (SSSR count). The average Bonchev–Trinajstić information content (AvgIpc) is 2.47. The predicted octanol–water partition coefficient (Wildman–Crippen LogP) is 3.78. The Balaban J connectivity index is 1.98. The largest absolute Gasteiger partial charge is 0.481 e. The molecule has 114 valence electrons. The topological polar surface area (TPSA) is 54.4 Å². The van der Waals surface area contributed by atoms with Gasteiger partial charge >= 0.3 is 5.97 Å². The lowest BCUT2D eigenvalue weighted by Gasteiger charge is -2.22. The van der Waals surface area contributed by atoms with Gasteiger partial charge in [0, 0.05) is 12.3 Å². The zero-order valence-electron chi connectivity index (χ0n) is 12.7. The van der Waals surface area contributed by atoms with Crippen LogP contribution in [0.25, 0.3) is 0 Å². The summed E-state index contributed by atoms with van der Waals surface area (Å²) < 4.78 is 0. The monoisotopic (exact) mass is 288 g/mol. The quantitative estimate of drug-likeness (QED) is 0.866. The van der Waals surface area contributed by atoms with Crippen molar-refractivity contribution in [3.63, 3.8) is 0 Å². The Morgan fingerprint density at radius 2 is 1.95 bits per heavy atom. The lowest BCUT2D eigenvalue weighted by molar-refractivity contribution is -0.144. The van der Waals surface area contributed by atoms with E-state index in [4.69, 9.17) is 0 Å². The molecule has 0 bridgehead atoms. The number of hydrogen-bond acceptors (Lipinski definition) is 2. The Labute approximate surface area is 126 Å². The molecule has 0 amide bonds. The minimum atomic E-state index is -0.860. The number of carbonyl (C=O) groups is 2. The fraction of sp³-hybridized carbons (Fsp3) is 0.556. The third-order valence-corrected chi connectivity index (χ3v) is 4.42. The number of benzene rings is 1. The molecule has 3 nitrogen and oxygen atoms in total. The van der Waals surface area contributed by atoms with Crippen molar-refractivity contribution >= 4 is 11.8 Å². The van der Waals surface area contributed by atoms with Gasteiger partial charge in [0.15, 0.2) is 0 Å². The Hall–Kier alpha value is -1.64. The first-order valence-corrected chi connectivity index (χ1v) is 7.87. The number of rotatable bonds is 6. The summed E-state index contributed by atoms with van der Waals surface area (Å²) in [5, 5.41) is 9.40. The first-order valence-electron chi connectivity index (χ1n) is 7.87. The van der Waals surface area contributed by atoms with E-state index < -0.39 is 11.9 Å². The van der Waals surface area contributed by atoms with Crippen molar-refractivity contribution in [1.29, 1.82) is 0 Å². The van der Waals surface area contributed by atoms with Crippen LogP contribution in [0.4, 0.5) is 0 Å². The molecule has 0 radical (unpaired) electrons.